The topological polar surface area (TPSA) is 38.1 Å². The minimum Gasteiger partial charge on any atom is -0.336 e. The number of imidazole rings is 1. The lowest BCUT2D eigenvalue weighted by Gasteiger charge is -2.36. The molecule has 1 aromatic carbocycles. The number of carbonyl (C=O) groups is 1. The van der Waals surface area contributed by atoms with Crippen LogP contribution < -0.4 is 0 Å². The van der Waals surface area contributed by atoms with Crippen LogP contribution in [-0.2, 0) is 6.54 Å². The summed E-state index contributed by atoms with van der Waals surface area (Å²) in [5.41, 5.74) is 0.102. The third-order valence-corrected chi connectivity index (χ3v) is 4.91. The molecule has 0 bridgehead atoms. The lowest BCUT2D eigenvalue weighted by Crippen LogP contribution is -2.44. The molecule has 4 nitrogen and oxygen atoms in total. The molecule has 6 heteroatoms. The molecule has 1 fully saturated rings. The van der Waals surface area contributed by atoms with Gasteiger partial charge in [0.05, 0.1) is 5.56 Å². The highest BCUT2D eigenvalue weighted by Gasteiger charge is 2.28. The Labute approximate surface area is 146 Å². The van der Waals surface area contributed by atoms with E-state index >= 15 is 0 Å². The first-order valence-electron chi connectivity index (χ1n) is 8.30. The van der Waals surface area contributed by atoms with Crippen molar-refractivity contribution < 1.29 is 9.18 Å². The molecule has 1 aliphatic rings. The number of hydrogen-bond acceptors (Lipinski definition) is 2. The number of aromatic nitrogens is 2. The van der Waals surface area contributed by atoms with Gasteiger partial charge in [0.15, 0.2) is 0 Å². The second kappa shape index (κ2) is 7.34. The molecular formula is C18H21ClFN3O. The summed E-state index contributed by atoms with van der Waals surface area (Å²) in [5.74, 6) is 0.172. The fourth-order valence-electron chi connectivity index (χ4n) is 3.31. The number of amides is 1. The summed E-state index contributed by atoms with van der Waals surface area (Å²) < 4.78 is 16.2. The van der Waals surface area contributed by atoms with E-state index in [1.165, 1.54) is 12.1 Å². The molecule has 0 spiro atoms. The van der Waals surface area contributed by atoms with E-state index < -0.39 is 5.82 Å². The lowest BCUT2D eigenvalue weighted by atomic mass is 9.98. The molecule has 2 aromatic rings. The van der Waals surface area contributed by atoms with Crippen molar-refractivity contribution in [3.63, 3.8) is 0 Å². The molecule has 0 saturated carbocycles. The van der Waals surface area contributed by atoms with Crippen LogP contribution in [-0.4, -0.2) is 32.9 Å². The standard InChI is InChI=1S/C18H21ClFN3O/c1-13-21-8-11-22(13)10-7-15-4-2-3-9-23(15)18(24)16-6-5-14(19)12-17(16)20/h5-6,8,11-12,15H,2-4,7,9-10H2,1H3. The molecular weight excluding hydrogens is 329 g/mol. The number of rotatable bonds is 4. The van der Waals surface area contributed by atoms with E-state index in [2.05, 4.69) is 9.55 Å². The maximum absolute atomic E-state index is 14.1. The van der Waals surface area contributed by atoms with Crippen LogP contribution in [0.15, 0.2) is 30.6 Å². The molecule has 1 aliphatic heterocycles. The third-order valence-electron chi connectivity index (χ3n) is 4.68. The van der Waals surface area contributed by atoms with Crippen LogP contribution in [0.4, 0.5) is 4.39 Å². The summed E-state index contributed by atoms with van der Waals surface area (Å²) in [5, 5.41) is 0.301. The largest absolute Gasteiger partial charge is 0.336 e. The molecule has 2 heterocycles. The van der Waals surface area contributed by atoms with E-state index in [1.54, 1.807) is 12.3 Å². The second-order valence-corrected chi connectivity index (χ2v) is 6.67. The van der Waals surface area contributed by atoms with Crippen LogP contribution in [0.3, 0.4) is 0 Å². The van der Waals surface area contributed by atoms with E-state index in [0.717, 1.165) is 38.1 Å². The summed E-state index contributed by atoms with van der Waals surface area (Å²) >= 11 is 5.78. The number of piperidine rings is 1. The van der Waals surface area contributed by atoms with Crippen LogP contribution >= 0.6 is 11.6 Å². The molecule has 24 heavy (non-hydrogen) atoms. The number of benzene rings is 1. The zero-order valence-corrected chi connectivity index (χ0v) is 14.5. The third kappa shape index (κ3) is 3.61. The molecule has 1 atom stereocenters. The van der Waals surface area contributed by atoms with Crippen molar-refractivity contribution in [2.75, 3.05) is 6.54 Å². The minimum absolute atomic E-state index is 0.102. The molecule has 1 unspecified atom stereocenters. The molecule has 128 valence electrons. The molecule has 1 aromatic heterocycles. The molecule has 1 saturated heterocycles. The Balaban J connectivity index is 1.74. The van der Waals surface area contributed by atoms with Gasteiger partial charge in [-0.15, -0.1) is 0 Å². The van der Waals surface area contributed by atoms with Gasteiger partial charge in [-0.2, -0.15) is 0 Å². The van der Waals surface area contributed by atoms with Gasteiger partial charge in [-0.05, 0) is 50.8 Å². The molecule has 3 rings (SSSR count). The van der Waals surface area contributed by atoms with Crippen LogP contribution in [0.2, 0.25) is 5.02 Å². The van der Waals surface area contributed by atoms with Crippen LogP contribution in [0, 0.1) is 12.7 Å². The second-order valence-electron chi connectivity index (χ2n) is 6.23. The summed E-state index contributed by atoms with van der Waals surface area (Å²) in [7, 11) is 0. The van der Waals surface area contributed by atoms with Gasteiger partial charge in [-0.25, -0.2) is 9.37 Å². The zero-order valence-electron chi connectivity index (χ0n) is 13.7. The summed E-state index contributed by atoms with van der Waals surface area (Å²) in [6, 6.07) is 4.36. The van der Waals surface area contributed by atoms with Crippen LogP contribution in [0.1, 0.15) is 41.9 Å². The van der Waals surface area contributed by atoms with Crippen molar-refractivity contribution >= 4 is 17.5 Å². The molecule has 0 aliphatic carbocycles. The number of aryl methyl sites for hydroxylation is 2. The Morgan fingerprint density at radius 2 is 2.25 bits per heavy atom. The number of carbonyl (C=O) groups excluding carboxylic acids is 1. The van der Waals surface area contributed by atoms with E-state index in [0.29, 0.717) is 11.6 Å². The monoisotopic (exact) mass is 349 g/mol. The van der Waals surface area contributed by atoms with Crippen molar-refractivity contribution in [1.29, 1.82) is 0 Å². The lowest BCUT2D eigenvalue weighted by molar-refractivity contribution is 0.0590. The number of nitrogens with zero attached hydrogens (tertiary/aromatic N) is 3. The van der Waals surface area contributed by atoms with Crippen LogP contribution in [0.25, 0.3) is 0 Å². The Morgan fingerprint density at radius 1 is 1.42 bits per heavy atom. The van der Waals surface area contributed by atoms with Crippen molar-refractivity contribution in [3.8, 4) is 0 Å². The number of halogens is 2. The smallest absolute Gasteiger partial charge is 0.257 e. The molecule has 0 N–H and O–H groups in total. The summed E-state index contributed by atoms with van der Waals surface area (Å²) in [6.07, 6.45) is 7.58. The van der Waals surface area contributed by atoms with Crippen LogP contribution in [0.5, 0.6) is 0 Å². The van der Waals surface area contributed by atoms with Gasteiger partial charge in [0.1, 0.15) is 11.6 Å². The highest BCUT2D eigenvalue weighted by molar-refractivity contribution is 6.30. The van der Waals surface area contributed by atoms with Gasteiger partial charge in [0.25, 0.3) is 5.91 Å². The molecule has 0 radical (unpaired) electrons. The van der Waals surface area contributed by atoms with E-state index in [9.17, 15) is 9.18 Å². The fourth-order valence-corrected chi connectivity index (χ4v) is 3.47. The van der Waals surface area contributed by atoms with Crippen molar-refractivity contribution in [1.82, 2.24) is 14.5 Å². The Kier molecular flexibility index (Phi) is 5.19. The maximum atomic E-state index is 14.1. The SMILES string of the molecule is Cc1nccn1CCC1CCCCN1C(=O)c1ccc(Cl)cc1F. The zero-order chi connectivity index (χ0) is 17.1. The predicted octanol–water partition coefficient (Wildman–Crippen LogP) is 4.07. The first-order chi connectivity index (χ1) is 11.6. The van der Waals surface area contributed by atoms with Gasteiger partial charge in [-0.3, -0.25) is 4.79 Å². The normalized spacial score (nSPS) is 18.0. The van der Waals surface area contributed by atoms with Gasteiger partial charge >= 0.3 is 0 Å². The van der Waals surface area contributed by atoms with Gasteiger partial charge < -0.3 is 9.47 Å². The number of hydrogen-bond donors (Lipinski definition) is 0. The van der Waals surface area contributed by atoms with Crippen molar-refractivity contribution in [2.45, 2.75) is 45.2 Å². The average molecular weight is 350 g/mol. The Hall–Kier alpha value is -1.88. The average Bonchev–Trinajstić information content (AvgIpc) is 2.98. The minimum atomic E-state index is -0.553. The van der Waals surface area contributed by atoms with Gasteiger partial charge in [0.2, 0.25) is 0 Å². The van der Waals surface area contributed by atoms with E-state index in [1.807, 2.05) is 18.0 Å². The first-order valence-corrected chi connectivity index (χ1v) is 8.68. The van der Waals surface area contributed by atoms with Crippen molar-refractivity contribution in [3.05, 3.63) is 52.8 Å². The fraction of sp³-hybridized carbons (Fsp3) is 0.444. The Bertz CT molecular complexity index is 731. The maximum Gasteiger partial charge on any atom is 0.257 e. The highest BCUT2D eigenvalue weighted by atomic mass is 35.5. The first kappa shape index (κ1) is 17.0. The van der Waals surface area contributed by atoms with Crippen molar-refractivity contribution in [2.24, 2.45) is 0 Å². The van der Waals surface area contributed by atoms with Gasteiger partial charge in [0, 0.05) is 36.5 Å². The molecule has 1 amide bonds. The number of likely N-dealkylation sites (tertiary alicyclic amines) is 1. The summed E-state index contributed by atoms with van der Waals surface area (Å²) in [6.45, 7) is 3.45. The van der Waals surface area contributed by atoms with Gasteiger partial charge in [-0.1, -0.05) is 11.6 Å². The van der Waals surface area contributed by atoms with E-state index in [4.69, 9.17) is 11.6 Å². The predicted molar refractivity (Wildman–Crippen MR) is 91.7 cm³/mol. The van der Waals surface area contributed by atoms with E-state index in [-0.39, 0.29) is 17.5 Å². The highest BCUT2D eigenvalue weighted by Crippen LogP contribution is 2.24. The Morgan fingerprint density at radius 3 is 2.96 bits per heavy atom. The quantitative estimate of drug-likeness (QED) is 0.834. The summed E-state index contributed by atoms with van der Waals surface area (Å²) in [4.78, 5) is 18.8.